The fourth-order valence-corrected chi connectivity index (χ4v) is 4.95. The molecule has 1 amide bonds. The van der Waals surface area contributed by atoms with Crippen molar-refractivity contribution in [2.24, 2.45) is 0 Å². The Kier molecular flexibility index (Phi) is 6.32. The molecule has 0 N–H and O–H groups in total. The van der Waals surface area contributed by atoms with Crippen molar-refractivity contribution in [3.8, 4) is 5.69 Å². The molecular formula is C20H26ClN5O2S. The van der Waals surface area contributed by atoms with Crippen LogP contribution in [0.25, 0.3) is 5.69 Å². The van der Waals surface area contributed by atoms with Crippen LogP contribution in [-0.4, -0.2) is 69.7 Å². The molecule has 0 aliphatic carbocycles. The Morgan fingerprint density at radius 2 is 1.93 bits per heavy atom. The van der Waals surface area contributed by atoms with Crippen LogP contribution in [0.2, 0.25) is 5.02 Å². The maximum Gasteiger partial charge on any atom is 0.233 e. The van der Waals surface area contributed by atoms with E-state index in [1.54, 1.807) is 0 Å². The molecule has 2 fully saturated rings. The number of morpholine rings is 1. The summed E-state index contributed by atoms with van der Waals surface area (Å²) in [5.74, 6) is 1.23. The predicted molar refractivity (Wildman–Crippen MR) is 115 cm³/mol. The van der Waals surface area contributed by atoms with E-state index in [-0.39, 0.29) is 18.1 Å². The maximum atomic E-state index is 12.8. The summed E-state index contributed by atoms with van der Waals surface area (Å²) in [4.78, 5) is 16.9. The van der Waals surface area contributed by atoms with Crippen molar-refractivity contribution in [3.63, 3.8) is 0 Å². The Labute approximate surface area is 180 Å². The Bertz CT molecular complexity index is 860. The Morgan fingerprint density at radius 1 is 1.21 bits per heavy atom. The van der Waals surface area contributed by atoms with Crippen LogP contribution in [0.4, 0.5) is 5.95 Å². The highest BCUT2D eigenvalue weighted by Gasteiger charge is 2.27. The summed E-state index contributed by atoms with van der Waals surface area (Å²) < 4.78 is 7.75. The third-order valence-electron chi connectivity index (χ3n) is 5.17. The first kappa shape index (κ1) is 20.5. The van der Waals surface area contributed by atoms with Gasteiger partial charge in [0.25, 0.3) is 0 Å². The standard InChI is InChI=1S/C20H26ClN5O2S/c1-14-11-25(12-15(2)28-14)18(27)13-29-20-23-22-19(24-8-3-4-9-24)26(20)17-7-5-6-16(21)10-17/h5-7,10,14-15H,3-4,8-9,11-13H2,1-2H3/t14-,15-/m0/s1. The topological polar surface area (TPSA) is 63.5 Å². The molecule has 156 valence electrons. The molecule has 29 heavy (non-hydrogen) atoms. The molecule has 1 aromatic heterocycles. The minimum Gasteiger partial charge on any atom is -0.372 e. The summed E-state index contributed by atoms with van der Waals surface area (Å²) in [6.07, 6.45) is 2.42. The van der Waals surface area contributed by atoms with Crippen LogP contribution < -0.4 is 4.90 Å². The van der Waals surface area contributed by atoms with E-state index in [9.17, 15) is 4.79 Å². The smallest absolute Gasteiger partial charge is 0.233 e. The van der Waals surface area contributed by atoms with Crippen LogP contribution in [0, 0.1) is 0 Å². The molecule has 0 saturated carbocycles. The van der Waals surface area contributed by atoms with Gasteiger partial charge in [-0.15, -0.1) is 10.2 Å². The Hall–Kier alpha value is -1.77. The molecule has 3 heterocycles. The zero-order chi connectivity index (χ0) is 20.4. The van der Waals surface area contributed by atoms with Crippen LogP contribution in [0.5, 0.6) is 0 Å². The fourth-order valence-electron chi connectivity index (χ4n) is 3.92. The van der Waals surface area contributed by atoms with Crippen molar-refractivity contribution in [1.82, 2.24) is 19.7 Å². The largest absolute Gasteiger partial charge is 0.372 e. The number of nitrogens with zero attached hydrogens (tertiary/aromatic N) is 5. The van der Waals surface area contributed by atoms with Gasteiger partial charge in [-0.2, -0.15) is 0 Å². The molecule has 2 aliphatic heterocycles. The molecule has 2 atom stereocenters. The second-order valence-corrected chi connectivity index (χ2v) is 9.02. The second kappa shape index (κ2) is 8.93. The van der Waals surface area contributed by atoms with E-state index in [1.165, 1.54) is 11.8 Å². The molecule has 4 rings (SSSR count). The molecule has 0 radical (unpaired) electrons. The lowest BCUT2D eigenvalue weighted by atomic mass is 10.2. The van der Waals surface area contributed by atoms with Gasteiger partial charge >= 0.3 is 0 Å². The second-order valence-electron chi connectivity index (χ2n) is 7.64. The number of hydrogen-bond donors (Lipinski definition) is 0. The number of hydrogen-bond acceptors (Lipinski definition) is 6. The van der Waals surface area contributed by atoms with Crippen molar-refractivity contribution in [1.29, 1.82) is 0 Å². The molecule has 0 bridgehead atoms. The van der Waals surface area contributed by atoms with Gasteiger partial charge in [-0.05, 0) is 44.9 Å². The summed E-state index contributed by atoms with van der Waals surface area (Å²) >= 11 is 7.65. The quantitative estimate of drug-likeness (QED) is 0.672. The molecule has 2 aromatic rings. The third kappa shape index (κ3) is 4.70. The van der Waals surface area contributed by atoms with Gasteiger partial charge in [0.2, 0.25) is 11.9 Å². The van der Waals surface area contributed by atoms with Crippen molar-refractivity contribution in [3.05, 3.63) is 29.3 Å². The lowest BCUT2D eigenvalue weighted by Crippen LogP contribution is -2.48. The molecule has 2 aliphatic rings. The number of carbonyl (C=O) groups is 1. The highest BCUT2D eigenvalue weighted by atomic mass is 35.5. The minimum absolute atomic E-state index is 0.0598. The first-order valence-electron chi connectivity index (χ1n) is 10.0. The molecule has 2 saturated heterocycles. The van der Waals surface area contributed by atoms with Gasteiger partial charge in [-0.3, -0.25) is 9.36 Å². The summed E-state index contributed by atoms with van der Waals surface area (Å²) in [6.45, 7) is 7.19. The van der Waals surface area contributed by atoms with E-state index in [0.29, 0.717) is 29.0 Å². The zero-order valence-corrected chi connectivity index (χ0v) is 18.3. The highest BCUT2D eigenvalue weighted by Crippen LogP contribution is 2.30. The van der Waals surface area contributed by atoms with E-state index < -0.39 is 0 Å². The van der Waals surface area contributed by atoms with E-state index in [0.717, 1.165) is 37.6 Å². The summed E-state index contributed by atoms with van der Waals surface area (Å²) in [5, 5.41) is 10.2. The van der Waals surface area contributed by atoms with Crippen LogP contribution >= 0.6 is 23.4 Å². The molecule has 9 heteroatoms. The van der Waals surface area contributed by atoms with Crippen LogP contribution in [0.15, 0.2) is 29.4 Å². The average Bonchev–Trinajstić information content (AvgIpc) is 3.34. The lowest BCUT2D eigenvalue weighted by Gasteiger charge is -2.35. The van der Waals surface area contributed by atoms with Gasteiger partial charge in [0, 0.05) is 31.2 Å². The summed E-state index contributed by atoms with van der Waals surface area (Å²) in [7, 11) is 0. The predicted octanol–water partition coefficient (Wildman–Crippen LogP) is 3.25. The fraction of sp³-hybridized carbons (Fsp3) is 0.550. The van der Waals surface area contributed by atoms with E-state index in [2.05, 4.69) is 15.1 Å². The van der Waals surface area contributed by atoms with E-state index in [4.69, 9.17) is 16.3 Å². The van der Waals surface area contributed by atoms with Crippen LogP contribution in [0.3, 0.4) is 0 Å². The number of carbonyl (C=O) groups excluding carboxylic acids is 1. The normalized spacial score (nSPS) is 22.3. The first-order valence-corrected chi connectivity index (χ1v) is 11.4. The number of rotatable bonds is 5. The SMILES string of the molecule is C[C@H]1CN(C(=O)CSc2nnc(N3CCCC3)n2-c2cccc(Cl)c2)C[C@H](C)O1. The van der Waals surface area contributed by atoms with Gasteiger partial charge in [0.05, 0.1) is 23.6 Å². The third-order valence-corrected chi connectivity index (χ3v) is 6.32. The molecule has 1 aromatic carbocycles. The van der Waals surface area contributed by atoms with Crippen molar-refractivity contribution < 1.29 is 9.53 Å². The van der Waals surface area contributed by atoms with Crippen molar-refractivity contribution >= 4 is 35.2 Å². The monoisotopic (exact) mass is 435 g/mol. The van der Waals surface area contributed by atoms with Gasteiger partial charge < -0.3 is 14.5 Å². The number of ether oxygens (including phenoxy) is 1. The van der Waals surface area contributed by atoms with Gasteiger partial charge in [0.15, 0.2) is 5.16 Å². The van der Waals surface area contributed by atoms with Gasteiger partial charge in [0.1, 0.15) is 0 Å². The summed E-state index contributed by atoms with van der Waals surface area (Å²) in [6, 6.07) is 7.66. The number of halogens is 1. The number of amides is 1. The van der Waals surface area contributed by atoms with Crippen LogP contribution in [-0.2, 0) is 9.53 Å². The van der Waals surface area contributed by atoms with Crippen molar-refractivity contribution in [2.75, 3.05) is 36.8 Å². The highest BCUT2D eigenvalue weighted by molar-refractivity contribution is 7.99. The van der Waals surface area contributed by atoms with E-state index in [1.807, 2.05) is 47.6 Å². The van der Waals surface area contributed by atoms with Gasteiger partial charge in [-0.1, -0.05) is 29.4 Å². The average molecular weight is 436 g/mol. The Balaban J connectivity index is 1.55. The first-order chi connectivity index (χ1) is 14.0. The number of thioether (sulfide) groups is 1. The minimum atomic E-state index is 0.0598. The Morgan fingerprint density at radius 3 is 2.62 bits per heavy atom. The van der Waals surface area contributed by atoms with E-state index >= 15 is 0 Å². The summed E-state index contributed by atoms with van der Waals surface area (Å²) in [5.41, 5.74) is 0.910. The number of anilines is 1. The van der Waals surface area contributed by atoms with Gasteiger partial charge in [-0.25, -0.2) is 0 Å². The lowest BCUT2D eigenvalue weighted by molar-refractivity contribution is -0.140. The molecule has 0 unspecified atom stereocenters. The maximum absolute atomic E-state index is 12.8. The number of aromatic nitrogens is 3. The zero-order valence-electron chi connectivity index (χ0n) is 16.8. The van der Waals surface area contributed by atoms with Crippen molar-refractivity contribution in [2.45, 2.75) is 44.1 Å². The molecular weight excluding hydrogens is 410 g/mol. The number of benzene rings is 1. The van der Waals surface area contributed by atoms with Crippen LogP contribution in [0.1, 0.15) is 26.7 Å². The molecule has 7 nitrogen and oxygen atoms in total. The molecule has 0 spiro atoms.